The Morgan fingerprint density at radius 2 is 1.96 bits per heavy atom. The molecule has 134 valence electrons. The molecule has 0 atom stereocenters. The molecule has 1 aromatic heterocycles. The van der Waals surface area contributed by atoms with E-state index in [0.717, 1.165) is 12.0 Å². The summed E-state index contributed by atoms with van der Waals surface area (Å²) in [4.78, 5) is 27.0. The minimum Gasteiger partial charge on any atom is -0.351 e. The number of fused-ring (bicyclic) bond motifs is 1. The van der Waals surface area contributed by atoms with Crippen LogP contribution in [0.3, 0.4) is 0 Å². The number of anilines is 1. The molecule has 3 N–H and O–H groups in total. The molecule has 5 nitrogen and oxygen atoms in total. The Morgan fingerprint density at radius 3 is 2.77 bits per heavy atom. The van der Waals surface area contributed by atoms with Gasteiger partial charge in [0.2, 0.25) is 5.91 Å². The molecule has 0 fully saturated rings. The summed E-state index contributed by atoms with van der Waals surface area (Å²) in [6.45, 7) is 2.27. The topological polar surface area (TPSA) is 74.0 Å². The molecule has 26 heavy (non-hydrogen) atoms. The highest BCUT2D eigenvalue weighted by molar-refractivity contribution is 5.98. The molecule has 2 amide bonds. The van der Waals surface area contributed by atoms with Gasteiger partial charge in [-0.1, -0.05) is 19.1 Å². The minimum atomic E-state index is -0.342. The third-order valence-corrected chi connectivity index (χ3v) is 3.97. The van der Waals surface area contributed by atoms with Crippen LogP contribution < -0.4 is 10.6 Å². The van der Waals surface area contributed by atoms with E-state index in [0.29, 0.717) is 35.2 Å². The van der Waals surface area contributed by atoms with Crippen LogP contribution in [-0.4, -0.2) is 16.8 Å². The summed E-state index contributed by atoms with van der Waals surface area (Å²) in [6.07, 6.45) is 1.26. The summed E-state index contributed by atoms with van der Waals surface area (Å²) in [5.74, 6) is -0.647. The van der Waals surface area contributed by atoms with Crippen molar-refractivity contribution in [2.75, 3.05) is 5.32 Å². The lowest BCUT2D eigenvalue weighted by molar-refractivity contribution is -0.116. The van der Waals surface area contributed by atoms with Crippen LogP contribution in [0.15, 0.2) is 48.5 Å². The van der Waals surface area contributed by atoms with Crippen LogP contribution in [0.4, 0.5) is 10.1 Å². The van der Waals surface area contributed by atoms with Gasteiger partial charge in [0.15, 0.2) is 0 Å². The van der Waals surface area contributed by atoms with Gasteiger partial charge < -0.3 is 15.6 Å². The van der Waals surface area contributed by atoms with Gasteiger partial charge in [0.05, 0.1) is 0 Å². The fourth-order valence-corrected chi connectivity index (χ4v) is 2.71. The molecule has 0 radical (unpaired) electrons. The van der Waals surface area contributed by atoms with Crippen molar-refractivity contribution in [1.82, 2.24) is 10.3 Å². The normalized spacial score (nSPS) is 10.7. The lowest BCUT2D eigenvalue weighted by Gasteiger charge is -2.08. The molecule has 2 aromatic carbocycles. The molecule has 0 unspecified atom stereocenters. The number of aromatic amines is 1. The molecule has 0 aliphatic heterocycles. The maximum Gasteiger partial charge on any atom is 0.267 e. The molecular weight excluding hydrogens is 333 g/mol. The highest BCUT2D eigenvalue weighted by atomic mass is 19.1. The molecule has 0 saturated carbocycles. The third-order valence-electron chi connectivity index (χ3n) is 3.97. The van der Waals surface area contributed by atoms with Gasteiger partial charge in [0.1, 0.15) is 11.5 Å². The highest BCUT2D eigenvalue weighted by Crippen LogP contribution is 2.17. The van der Waals surface area contributed by atoms with Crippen LogP contribution in [0, 0.1) is 5.82 Å². The second kappa shape index (κ2) is 7.82. The van der Waals surface area contributed by atoms with E-state index in [1.807, 2.05) is 31.2 Å². The van der Waals surface area contributed by atoms with Crippen LogP contribution in [0.25, 0.3) is 10.9 Å². The van der Waals surface area contributed by atoms with Crippen molar-refractivity contribution in [3.63, 3.8) is 0 Å². The van der Waals surface area contributed by atoms with Crippen LogP contribution >= 0.6 is 0 Å². The Morgan fingerprint density at radius 1 is 1.12 bits per heavy atom. The van der Waals surface area contributed by atoms with Crippen LogP contribution in [-0.2, 0) is 11.3 Å². The second-order valence-corrected chi connectivity index (χ2v) is 6.10. The largest absolute Gasteiger partial charge is 0.351 e. The first-order chi connectivity index (χ1) is 12.5. The summed E-state index contributed by atoms with van der Waals surface area (Å²) in [6, 6.07) is 13.3. The van der Waals surface area contributed by atoms with E-state index < -0.39 is 0 Å². The smallest absolute Gasteiger partial charge is 0.267 e. The maximum absolute atomic E-state index is 13.2. The average Bonchev–Trinajstić information content (AvgIpc) is 3.03. The minimum absolute atomic E-state index is 0.0287. The molecule has 6 heteroatoms. The molecule has 0 bridgehead atoms. The number of carbonyl (C=O) groups excluding carboxylic acids is 2. The van der Waals surface area contributed by atoms with E-state index in [1.165, 1.54) is 12.1 Å². The number of carbonyl (C=O) groups is 2. The van der Waals surface area contributed by atoms with Gasteiger partial charge in [-0.05, 0) is 48.4 Å². The molecule has 0 aliphatic carbocycles. The lowest BCUT2D eigenvalue weighted by Crippen LogP contribution is -2.23. The Hall–Kier alpha value is -3.15. The van der Waals surface area contributed by atoms with Crippen molar-refractivity contribution in [3.05, 3.63) is 65.6 Å². The number of aromatic nitrogens is 1. The standard InChI is InChI=1S/C20H20FN3O2/c1-2-4-19(25)23-16-6-3-5-13(9-16)12-22-20(26)18-11-14-10-15(21)7-8-17(14)24-18/h3,5-11,24H,2,4,12H2,1H3,(H,22,26)(H,23,25). The number of H-pyrrole nitrogens is 1. The van der Waals surface area contributed by atoms with Crippen molar-refractivity contribution in [2.24, 2.45) is 0 Å². The predicted molar refractivity (Wildman–Crippen MR) is 99.4 cm³/mol. The fourth-order valence-electron chi connectivity index (χ4n) is 2.71. The first kappa shape index (κ1) is 17.7. The number of hydrogen-bond donors (Lipinski definition) is 3. The van der Waals surface area contributed by atoms with Crippen molar-refractivity contribution < 1.29 is 14.0 Å². The lowest BCUT2D eigenvalue weighted by atomic mass is 10.2. The highest BCUT2D eigenvalue weighted by Gasteiger charge is 2.10. The summed E-state index contributed by atoms with van der Waals surface area (Å²) in [5, 5.41) is 6.30. The zero-order chi connectivity index (χ0) is 18.5. The van der Waals surface area contributed by atoms with Gasteiger partial charge in [0, 0.05) is 29.6 Å². The van der Waals surface area contributed by atoms with E-state index in [9.17, 15) is 14.0 Å². The summed E-state index contributed by atoms with van der Waals surface area (Å²) >= 11 is 0. The Bertz CT molecular complexity index is 949. The van der Waals surface area contributed by atoms with E-state index in [-0.39, 0.29) is 17.6 Å². The summed E-state index contributed by atoms with van der Waals surface area (Å²) < 4.78 is 13.2. The summed E-state index contributed by atoms with van der Waals surface area (Å²) in [7, 11) is 0. The zero-order valence-corrected chi connectivity index (χ0v) is 14.4. The van der Waals surface area contributed by atoms with Gasteiger partial charge in [0.25, 0.3) is 5.91 Å². The molecule has 3 aromatic rings. The Labute approximate surface area is 150 Å². The Balaban J connectivity index is 1.64. The molecule has 0 saturated heterocycles. The van der Waals surface area contributed by atoms with Crippen LogP contribution in [0.5, 0.6) is 0 Å². The van der Waals surface area contributed by atoms with Crippen molar-refractivity contribution in [3.8, 4) is 0 Å². The number of benzene rings is 2. The van der Waals surface area contributed by atoms with Crippen LogP contribution in [0.1, 0.15) is 35.8 Å². The maximum atomic E-state index is 13.2. The summed E-state index contributed by atoms with van der Waals surface area (Å²) in [5.41, 5.74) is 2.65. The molecule has 0 spiro atoms. The van der Waals surface area contributed by atoms with Gasteiger partial charge in [-0.15, -0.1) is 0 Å². The SMILES string of the molecule is CCCC(=O)Nc1cccc(CNC(=O)c2cc3cc(F)ccc3[nH]2)c1. The predicted octanol–water partition coefficient (Wildman–Crippen LogP) is 3.98. The zero-order valence-electron chi connectivity index (χ0n) is 14.4. The quantitative estimate of drug-likeness (QED) is 0.627. The first-order valence-electron chi connectivity index (χ1n) is 8.50. The van der Waals surface area contributed by atoms with E-state index in [1.54, 1.807) is 12.1 Å². The first-order valence-corrected chi connectivity index (χ1v) is 8.50. The number of nitrogens with one attached hydrogen (secondary N) is 3. The van der Waals surface area contributed by atoms with Gasteiger partial charge >= 0.3 is 0 Å². The van der Waals surface area contributed by atoms with Crippen LogP contribution in [0.2, 0.25) is 0 Å². The van der Waals surface area contributed by atoms with E-state index in [2.05, 4.69) is 15.6 Å². The van der Waals surface area contributed by atoms with Gasteiger partial charge in [-0.25, -0.2) is 4.39 Å². The number of amides is 2. The van der Waals surface area contributed by atoms with Gasteiger partial charge in [-0.3, -0.25) is 9.59 Å². The van der Waals surface area contributed by atoms with Crippen molar-refractivity contribution in [2.45, 2.75) is 26.3 Å². The van der Waals surface area contributed by atoms with E-state index in [4.69, 9.17) is 0 Å². The number of rotatable bonds is 6. The van der Waals surface area contributed by atoms with Crippen molar-refractivity contribution >= 4 is 28.4 Å². The molecule has 0 aliphatic rings. The second-order valence-electron chi connectivity index (χ2n) is 6.10. The average molecular weight is 353 g/mol. The molecular formula is C20H20FN3O2. The van der Waals surface area contributed by atoms with Crippen molar-refractivity contribution in [1.29, 1.82) is 0 Å². The number of halogens is 1. The van der Waals surface area contributed by atoms with E-state index >= 15 is 0 Å². The number of hydrogen-bond acceptors (Lipinski definition) is 2. The van der Waals surface area contributed by atoms with Gasteiger partial charge in [-0.2, -0.15) is 0 Å². The third kappa shape index (κ3) is 4.27. The fraction of sp³-hybridized carbons (Fsp3) is 0.200. The monoisotopic (exact) mass is 353 g/mol. The molecule has 1 heterocycles. The Kier molecular flexibility index (Phi) is 5.31. The molecule has 3 rings (SSSR count).